The van der Waals surface area contributed by atoms with Crippen LogP contribution in [0.1, 0.15) is 16.9 Å². The van der Waals surface area contributed by atoms with Crippen molar-refractivity contribution in [2.24, 2.45) is 0 Å². The Bertz CT molecular complexity index is 1250. The lowest BCUT2D eigenvalue weighted by molar-refractivity contribution is -0.384. The number of nitro groups is 1. The van der Waals surface area contributed by atoms with Crippen LogP contribution in [-0.4, -0.2) is 21.0 Å². The lowest BCUT2D eigenvalue weighted by Gasteiger charge is -2.12. The van der Waals surface area contributed by atoms with Crippen LogP contribution >= 0.6 is 27.7 Å². The SMILES string of the molecule is Cc1ccc(-c2ccc(/C=C3\SC(=O)N(Cc4cccc([N+](=O)[O-])c4)C3=O)o2)c(Br)c1. The van der Waals surface area contributed by atoms with Crippen molar-refractivity contribution in [1.82, 2.24) is 4.90 Å². The molecule has 156 valence electrons. The number of amides is 2. The first-order chi connectivity index (χ1) is 14.8. The van der Waals surface area contributed by atoms with Gasteiger partial charge < -0.3 is 4.42 Å². The zero-order valence-corrected chi connectivity index (χ0v) is 18.6. The highest BCUT2D eigenvalue weighted by Crippen LogP contribution is 2.35. The summed E-state index contributed by atoms with van der Waals surface area (Å²) in [5.74, 6) is 0.619. The van der Waals surface area contributed by atoms with Gasteiger partial charge in [0.25, 0.3) is 16.8 Å². The van der Waals surface area contributed by atoms with Crippen LogP contribution in [0, 0.1) is 17.0 Å². The molecule has 0 saturated carbocycles. The Morgan fingerprint density at radius 1 is 1.16 bits per heavy atom. The molecular weight excluding hydrogens is 484 g/mol. The van der Waals surface area contributed by atoms with E-state index >= 15 is 0 Å². The Kier molecular flexibility index (Phi) is 5.79. The summed E-state index contributed by atoms with van der Waals surface area (Å²) in [4.78, 5) is 36.8. The van der Waals surface area contributed by atoms with Gasteiger partial charge in [-0.2, -0.15) is 0 Å². The number of nitrogens with zero attached hydrogens (tertiary/aromatic N) is 2. The van der Waals surface area contributed by atoms with Gasteiger partial charge in [-0.15, -0.1) is 0 Å². The average Bonchev–Trinajstić information content (AvgIpc) is 3.28. The molecule has 0 bridgehead atoms. The number of hydrogen-bond donors (Lipinski definition) is 0. The van der Waals surface area contributed by atoms with E-state index in [-0.39, 0.29) is 17.1 Å². The smallest absolute Gasteiger partial charge is 0.293 e. The maximum atomic E-state index is 12.7. The molecule has 1 saturated heterocycles. The highest BCUT2D eigenvalue weighted by Gasteiger charge is 2.35. The van der Waals surface area contributed by atoms with E-state index in [0.29, 0.717) is 17.1 Å². The zero-order chi connectivity index (χ0) is 22.1. The Morgan fingerprint density at radius 2 is 1.97 bits per heavy atom. The predicted octanol–water partition coefficient (Wildman–Crippen LogP) is 6.16. The molecule has 3 aromatic rings. The standard InChI is InChI=1S/C22H15BrN2O5S/c1-13-5-7-17(18(23)9-13)19-8-6-16(30-19)11-20-21(26)24(22(27)31-20)12-14-3-2-4-15(10-14)25(28)29/h2-11H,12H2,1H3/b20-11-. The number of furan rings is 1. The van der Waals surface area contributed by atoms with Crippen molar-refractivity contribution in [2.45, 2.75) is 13.5 Å². The number of carbonyl (C=O) groups is 2. The number of carbonyl (C=O) groups excluding carboxylic acids is 2. The largest absolute Gasteiger partial charge is 0.457 e. The molecule has 0 atom stereocenters. The molecule has 0 N–H and O–H groups in total. The number of thioether (sulfide) groups is 1. The van der Waals surface area contributed by atoms with Crippen LogP contribution in [0.15, 0.2) is 68.4 Å². The number of halogens is 1. The quantitative estimate of drug-likeness (QED) is 0.237. The lowest BCUT2D eigenvalue weighted by Crippen LogP contribution is -2.27. The zero-order valence-electron chi connectivity index (χ0n) is 16.2. The molecule has 0 radical (unpaired) electrons. The number of rotatable bonds is 5. The van der Waals surface area contributed by atoms with Crippen LogP contribution in [-0.2, 0) is 11.3 Å². The maximum absolute atomic E-state index is 12.7. The maximum Gasteiger partial charge on any atom is 0.293 e. The third kappa shape index (κ3) is 4.47. The Hall–Kier alpha value is -3.17. The molecule has 2 amide bonds. The highest BCUT2D eigenvalue weighted by atomic mass is 79.9. The first-order valence-corrected chi connectivity index (χ1v) is 10.8. The highest BCUT2D eigenvalue weighted by molar-refractivity contribution is 9.10. The van der Waals surface area contributed by atoms with E-state index in [1.54, 1.807) is 18.2 Å². The number of imide groups is 1. The molecule has 7 nitrogen and oxygen atoms in total. The molecule has 4 rings (SSSR count). The fourth-order valence-electron chi connectivity index (χ4n) is 3.11. The van der Waals surface area contributed by atoms with Crippen molar-refractivity contribution >= 4 is 50.6 Å². The van der Waals surface area contributed by atoms with E-state index in [2.05, 4.69) is 15.9 Å². The molecule has 1 aromatic heterocycles. The minimum absolute atomic E-state index is 0.0383. The first-order valence-electron chi connectivity index (χ1n) is 9.17. The summed E-state index contributed by atoms with van der Waals surface area (Å²) in [7, 11) is 0. The van der Waals surface area contributed by atoms with Gasteiger partial charge in [-0.3, -0.25) is 24.6 Å². The number of benzene rings is 2. The summed E-state index contributed by atoms with van der Waals surface area (Å²) < 4.78 is 6.75. The molecule has 2 heterocycles. The van der Waals surface area contributed by atoms with Crippen molar-refractivity contribution in [3.63, 3.8) is 0 Å². The summed E-state index contributed by atoms with van der Waals surface area (Å²) in [5.41, 5.74) is 2.40. The van der Waals surface area contributed by atoms with Gasteiger partial charge in [-0.25, -0.2) is 0 Å². The van der Waals surface area contributed by atoms with Crippen molar-refractivity contribution in [3.8, 4) is 11.3 Å². The van der Waals surface area contributed by atoms with E-state index in [1.807, 2.05) is 25.1 Å². The van der Waals surface area contributed by atoms with Gasteiger partial charge in [0.1, 0.15) is 11.5 Å². The third-order valence-electron chi connectivity index (χ3n) is 4.63. The van der Waals surface area contributed by atoms with Gasteiger partial charge in [0.15, 0.2) is 0 Å². The molecule has 1 fully saturated rings. The summed E-state index contributed by atoms with van der Waals surface area (Å²) in [6.07, 6.45) is 1.53. The minimum atomic E-state index is -0.516. The predicted molar refractivity (Wildman–Crippen MR) is 121 cm³/mol. The number of non-ortho nitro benzene ring substituents is 1. The second kappa shape index (κ2) is 8.52. The molecule has 9 heteroatoms. The third-order valence-corrected chi connectivity index (χ3v) is 6.19. The molecule has 1 aliphatic heterocycles. The molecule has 2 aromatic carbocycles. The van der Waals surface area contributed by atoms with Gasteiger partial charge >= 0.3 is 0 Å². The summed E-state index contributed by atoms with van der Waals surface area (Å²) in [6.45, 7) is 1.95. The minimum Gasteiger partial charge on any atom is -0.457 e. The molecular formula is C22H15BrN2O5S. The van der Waals surface area contributed by atoms with E-state index in [1.165, 1.54) is 24.3 Å². The van der Waals surface area contributed by atoms with Crippen LogP contribution in [0.2, 0.25) is 0 Å². The molecule has 0 aliphatic carbocycles. The second-order valence-corrected chi connectivity index (χ2v) is 8.73. The van der Waals surface area contributed by atoms with Crippen molar-refractivity contribution in [3.05, 3.63) is 91.0 Å². The van der Waals surface area contributed by atoms with Gasteiger partial charge in [-0.1, -0.05) is 34.1 Å². The number of hydrogen-bond acceptors (Lipinski definition) is 6. The fourth-order valence-corrected chi connectivity index (χ4v) is 4.62. The summed E-state index contributed by atoms with van der Waals surface area (Å²) in [6, 6.07) is 15.3. The van der Waals surface area contributed by atoms with Crippen LogP contribution < -0.4 is 0 Å². The normalized spacial score (nSPS) is 15.2. The van der Waals surface area contributed by atoms with Gasteiger partial charge in [0, 0.05) is 28.2 Å². The summed E-state index contributed by atoms with van der Waals surface area (Å²) >= 11 is 4.34. The molecule has 0 spiro atoms. The van der Waals surface area contributed by atoms with E-state index in [4.69, 9.17) is 4.42 Å². The van der Waals surface area contributed by atoms with E-state index < -0.39 is 16.1 Å². The van der Waals surface area contributed by atoms with Crippen LogP contribution in [0.3, 0.4) is 0 Å². The van der Waals surface area contributed by atoms with Gasteiger partial charge in [0.05, 0.1) is 16.4 Å². The number of nitro benzene ring substituents is 1. The topological polar surface area (TPSA) is 93.7 Å². The Morgan fingerprint density at radius 3 is 2.71 bits per heavy atom. The van der Waals surface area contributed by atoms with E-state index in [0.717, 1.165) is 32.3 Å². The van der Waals surface area contributed by atoms with Gasteiger partial charge in [0.2, 0.25) is 0 Å². The molecule has 1 aliphatic rings. The first kappa shape index (κ1) is 21.1. The Labute approximate surface area is 190 Å². The van der Waals surface area contributed by atoms with Crippen molar-refractivity contribution < 1.29 is 18.9 Å². The van der Waals surface area contributed by atoms with Crippen molar-refractivity contribution in [2.75, 3.05) is 0 Å². The second-order valence-electron chi connectivity index (χ2n) is 6.88. The van der Waals surface area contributed by atoms with E-state index in [9.17, 15) is 19.7 Å². The molecule has 31 heavy (non-hydrogen) atoms. The molecule has 0 unspecified atom stereocenters. The number of aryl methyl sites for hydroxylation is 1. The fraction of sp³-hybridized carbons (Fsp3) is 0.0909. The average molecular weight is 499 g/mol. The van der Waals surface area contributed by atoms with Gasteiger partial charge in [-0.05, 0) is 54.1 Å². The van der Waals surface area contributed by atoms with Crippen molar-refractivity contribution in [1.29, 1.82) is 0 Å². The van der Waals surface area contributed by atoms with Crippen LogP contribution in [0.5, 0.6) is 0 Å². The monoisotopic (exact) mass is 498 g/mol. The lowest BCUT2D eigenvalue weighted by atomic mass is 10.1. The summed E-state index contributed by atoms with van der Waals surface area (Å²) in [5, 5.41) is 10.5. The Balaban J connectivity index is 1.54. The van der Waals surface area contributed by atoms with Crippen LogP contribution in [0.4, 0.5) is 10.5 Å². The van der Waals surface area contributed by atoms with Crippen LogP contribution in [0.25, 0.3) is 17.4 Å².